The Balaban J connectivity index is 2.41. The Bertz CT molecular complexity index is 643. The van der Waals surface area contributed by atoms with E-state index in [2.05, 4.69) is 0 Å². The van der Waals surface area contributed by atoms with Crippen LogP contribution in [0.25, 0.3) is 0 Å². The zero-order valence-electron chi connectivity index (χ0n) is 12.8. The van der Waals surface area contributed by atoms with Crippen LogP contribution in [0, 0.1) is 17.0 Å². The summed E-state index contributed by atoms with van der Waals surface area (Å²) in [6, 6.07) is 4.15. The van der Waals surface area contributed by atoms with Gasteiger partial charge in [0.25, 0.3) is 11.6 Å². The fourth-order valence-electron chi connectivity index (χ4n) is 2.82. The van der Waals surface area contributed by atoms with Crippen LogP contribution in [0.2, 0.25) is 0 Å². The molecule has 7 heteroatoms. The Hall–Kier alpha value is -2.44. The maximum absolute atomic E-state index is 12.8. The van der Waals surface area contributed by atoms with Crippen LogP contribution >= 0.6 is 0 Å². The number of nitro groups is 1. The van der Waals surface area contributed by atoms with Gasteiger partial charge in [-0.3, -0.25) is 14.9 Å². The Morgan fingerprint density at radius 1 is 1.41 bits per heavy atom. The maximum Gasteiger partial charge on any atom is 0.331 e. The van der Waals surface area contributed by atoms with Crippen molar-refractivity contribution in [1.29, 1.82) is 0 Å². The molecule has 1 aliphatic rings. The molecule has 0 aromatic heterocycles. The number of amides is 1. The number of non-ortho nitro benzene ring substituents is 1. The van der Waals surface area contributed by atoms with Crippen molar-refractivity contribution in [2.45, 2.75) is 32.2 Å². The van der Waals surface area contributed by atoms with Crippen molar-refractivity contribution in [1.82, 2.24) is 4.90 Å². The van der Waals surface area contributed by atoms with E-state index < -0.39 is 16.4 Å². The van der Waals surface area contributed by atoms with Gasteiger partial charge < -0.3 is 9.64 Å². The smallest absolute Gasteiger partial charge is 0.331 e. The molecule has 118 valence electrons. The van der Waals surface area contributed by atoms with Gasteiger partial charge in [-0.25, -0.2) is 4.79 Å². The number of nitro benzene ring substituents is 1. The Morgan fingerprint density at radius 3 is 2.68 bits per heavy atom. The molecule has 0 saturated carbocycles. The first-order valence-electron chi connectivity index (χ1n) is 6.96. The molecule has 1 atom stereocenters. The Kier molecular flexibility index (Phi) is 4.16. The molecule has 0 aliphatic carbocycles. The number of hydrogen-bond donors (Lipinski definition) is 0. The number of carbonyl (C=O) groups excluding carboxylic acids is 2. The summed E-state index contributed by atoms with van der Waals surface area (Å²) in [7, 11) is 1.28. The number of ether oxygens (including phenoxy) is 1. The summed E-state index contributed by atoms with van der Waals surface area (Å²) in [4.78, 5) is 36.6. The van der Waals surface area contributed by atoms with Crippen molar-refractivity contribution in [3.05, 3.63) is 39.4 Å². The van der Waals surface area contributed by atoms with E-state index in [0.29, 0.717) is 24.9 Å². The summed E-state index contributed by atoms with van der Waals surface area (Å²) in [5.74, 6) is -0.854. The molecule has 0 spiro atoms. The standard InChI is InChI=1S/C15H18N2O5/c1-10-5-6-11(17(20)21)9-12(10)13(18)16-8-4-7-15(16,2)14(19)22-3/h5-6,9H,4,7-8H2,1-3H3/t15-/m0/s1. The van der Waals surface area contributed by atoms with E-state index in [1.807, 2.05) is 0 Å². The number of benzene rings is 1. The second kappa shape index (κ2) is 5.75. The van der Waals surface area contributed by atoms with E-state index in [0.717, 1.165) is 0 Å². The molecule has 0 bridgehead atoms. The predicted octanol–water partition coefficient (Wildman–Crippen LogP) is 2.07. The van der Waals surface area contributed by atoms with Crippen LogP contribution in [0.1, 0.15) is 35.7 Å². The first kappa shape index (κ1) is 15.9. The van der Waals surface area contributed by atoms with Crippen LogP contribution in [-0.4, -0.2) is 40.9 Å². The third kappa shape index (κ3) is 2.54. The minimum Gasteiger partial charge on any atom is -0.467 e. The summed E-state index contributed by atoms with van der Waals surface area (Å²) in [5.41, 5.74) is -0.294. The number of esters is 1. The zero-order chi connectivity index (χ0) is 16.5. The van der Waals surface area contributed by atoms with Crippen LogP contribution < -0.4 is 0 Å². The average molecular weight is 306 g/mol. The third-order valence-electron chi connectivity index (χ3n) is 4.17. The molecule has 1 aromatic carbocycles. The number of aryl methyl sites for hydroxylation is 1. The highest BCUT2D eigenvalue weighted by molar-refractivity contribution is 6.00. The molecule has 1 amide bonds. The van der Waals surface area contributed by atoms with Gasteiger partial charge in [-0.2, -0.15) is 0 Å². The molecule has 1 aliphatic heterocycles. The number of nitrogens with zero attached hydrogens (tertiary/aromatic N) is 2. The van der Waals surface area contributed by atoms with E-state index in [1.54, 1.807) is 13.8 Å². The Labute approximate surface area is 128 Å². The average Bonchev–Trinajstić information content (AvgIpc) is 2.89. The normalized spacial score (nSPS) is 20.8. The first-order valence-corrected chi connectivity index (χ1v) is 6.96. The minimum absolute atomic E-state index is 0.145. The minimum atomic E-state index is -1.02. The van der Waals surface area contributed by atoms with E-state index in [1.165, 1.54) is 30.2 Å². The van der Waals surface area contributed by atoms with Crippen LogP contribution in [0.15, 0.2) is 18.2 Å². The quantitative estimate of drug-likeness (QED) is 0.484. The lowest BCUT2D eigenvalue weighted by Crippen LogP contribution is -2.51. The predicted molar refractivity (Wildman–Crippen MR) is 78.5 cm³/mol. The number of methoxy groups -OCH3 is 1. The van der Waals surface area contributed by atoms with Gasteiger partial charge in [0.15, 0.2) is 0 Å². The van der Waals surface area contributed by atoms with E-state index in [9.17, 15) is 19.7 Å². The summed E-state index contributed by atoms with van der Waals surface area (Å²) >= 11 is 0. The fraction of sp³-hybridized carbons (Fsp3) is 0.467. The third-order valence-corrected chi connectivity index (χ3v) is 4.17. The number of rotatable bonds is 3. The van der Waals surface area contributed by atoms with Crippen LogP contribution in [0.5, 0.6) is 0 Å². The zero-order valence-corrected chi connectivity index (χ0v) is 12.8. The van der Waals surface area contributed by atoms with Crippen molar-refractivity contribution in [3.8, 4) is 0 Å². The van der Waals surface area contributed by atoms with Crippen LogP contribution in [0.4, 0.5) is 5.69 Å². The van der Waals surface area contributed by atoms with E-state index in [-0.39, 0.29) is 17.2 Å². The highest BCUT2D eigenvalue weighted by Gasteiger charge is 2.47. The van der Waals surface area contributed by atoms with Crippen LogP contribution in [0.3, 0.4) is 0 Å². The number of hydrogen-bond acceptors (Lipinski definition) is 5. The van der Waals surface area contributed by atoms with Gasteiger partial charge in [0.05, 0.1) is 12.0 Å². The summed E-state index contributed by atoms with van der Waals surface area (Å²) in [5, 5.41) is 10.9. The molecule has 0 unspecified atom stereocenters. The topological polar surface area (TPSA) is 89.8 Å². The molecule has 2 rings (SSSR count). The van der Waals surface area contributed by atoms with Crippen molar-refractivity contribution >= 4 is 17.6 Å². The lowest BCUT2D eigenvalue weighted by atomic mass is 9.97. The van der Waals surface area contributed by atoms with Gasteiger partial charge in [0.1, 0.15) is 5.54 Å². The Morgan fingerprint density at radius 2 is 2.09 bits per heavy atom. The van der Waals surface area contributed by atoms with Gasteiger partial charge in [0, 0.05) is 24.2 Å². The van der Waals surface area contributed by atoms with Crippen LogP contribution in [-0.2, 0) is 9.53 Å². The molecule has 7 nitrogen and oxygen atoms in total. The molecule has 1 saturated heterocycles. The molecule has 0 radical (unpaired) electrons. The molecular formula is C15H18N2O5. The maximum atomic E-state index is 12.8. The number of likely N-dealkylation sites (tertiary alicyclic amines) is 1. The molecule has 1 heterocycles. The van der Waals surface area contributed by atoms with Gasteiger partial charge in [-0.15, -0.1) is 0 Å². The highest BCUT2D eigenvalue weighted by Crippen LogP contribution is 2.32. The second-order valence-corrected chi connectivity index (χ2v) is 5.58. The molecular weight excluding hydrogens is 288 g/mol. The van der Waals surface area contributed by atoms with Crippen molar-refractivity contribution in [2.75, 3.05) is 13.7 Å². The highest BCUT2D eigenvalue weighted by atomic mass is 16.6. The molecule has 1 aromatic rings. The number of carbonyl (C=O) groups is 2. The van der Waals surface area contributed by atoms with E-state index in [4.69, 9.17) is 4.74 Å². The molecule has 22 heavy (non-hydrogen) atoms. The van der Waals surface area contributed by atoms with Gasteiger partial charge in [0.2, 0.25) is 0 Å². The van der Waals surface area contributed by atoms with Gasteiger partial charge in [-0.1, -0.05) is 6.07 Å². The van der Waals surface area contributed by atoms with Crippen molar-refractivity contribution in [2.24, 2.45) is 0 Å². The van der Waals surface area contributed by atoms with Crippen molar-refractivity contribution < 1.29 is 19.2 Å². The lowest BCUT2D eigenvalue weighted by molar-refractivity contribution is -0.384. The lowest BCUT2D eigenvalue weighted by Gasteiger charge is -2.32. The first-order chi connectivity index (χ1) is 10.3. The second-order valence-electron chi connectivity index (χ2n) is 5.58. The summed E-state index contributed by atoms with van der Waals surface area (Å²) < 4.78 is 4.80. The monoisotopic (exact) mass is 306 g/mol. The summed E-state index contributed by atoms with van der Waals surface area (Å²) in [6.45, 7) is 3.80. The van der Waals surface area contributed by atoms with E-state index >= 15 is 0 Å². The van der Waals surface area contributed by atoms with Gasteiger partial charge in [-0.05, 0) is 32.3 Å². The fourth-order valence-corrected chi connectivity index (χ4v) is 2.82. The van der Waals surface area contributed by atoms with Crippen molar-refractivity contribution in [3.63, 3.8) is 0 Å². The van der Waals surface area contributed by atoms with Gasteiger partial charge >= 0.3 is 5.97 Å². The SMILES string of the molecule is COC(=O)[C@]1(C)CCCN1C(=O)c1cc([N+](=O)[O-])ccc1C. The molecule has 0 N–H and O–H groups in total. The summed E-state index contributed by atoms with van der Waals surface area (Å²) in [6.07, 6.45) is 1.20. The largest absolute Gasteiger partial charge is 0.467 e. The molecule has 1 fully saturated rings.